The van der Waals surface area contributed by atoms with Gasteiger partial charge in [-0.05, 0) is 31.0 Å². The number of fused-ring (bicyclic) bond motifs is 1. The highest BCUT2D eigenvalue weighted by Gasteiger charge is 2.27. The van der Waals surface area contributed by atoms with Crippen LogP contribution < -0.4 is 20.1 Å². The molecule has 1 aliphatic heterocycles. The molecule has 1 aromatic carbocycles. The second-order valence-electron chi connectivity index (χ2n) is 5.40. The maximum absolute atomic E-state index is 5.62. The Hall–Kier alpha value is -2.01. The van der Waals surface area contributed by atoms with Crippen LogP contribution in [0.2, 0.25) is 0 Å². The van der Waals surface area contributed by atoms with E-state index in [1.165, 1.54) is 5.69 Å². The van der Waals surface area contributed by atoms with E-state index in [4.69, 9.17) is 15.2 Å². The van der Waals surface area contributed by atoms with Crippen LogP contribution in [0.4, 0.5) is 5.69 Å². The first kappa shape index (κ1) is 13.9. The zero-order valence-corrected chi connectivity index (χ0v) is 12.5. The topological polar surface area (TPSA) is 60.6 Å². The van der Waals surface area contributed by atoms with Gasteiger partial charge in [-0.15, -0.1) is 0 Å². The van der Waals surface area contributed by atoms with Gasteiger partial charge in [0.2, 0.25) is 0 Å². The van der Waals surface area contributed by atoms with Gasteiger partial charge in [-0.1, -0.05) is 0 Å². The smallest absolute Gasteiger partial charge is 0.162 e. The summed E-state index contributed by atoms with van der Waals surface area (Å²) in [5.74, 6) is 2.15. The van der Waals surface area contributed by atoms with Crippen molar-refractivity contribution in [2.24, 2.45) is 11.7 Å². The Bertz CT molecular complexity index is 639. The van der Waals surface area contributed by atoms with Gasteiger partial charge in [0.1, 0.15) is 0 Å². The molecule has 0 amide bonds. The van der Waals surface area contributed by atoms with Crippen LogP contribution in [0.5, 0.6) is 11.5 Å². The van der Waals surface area contributed by atoms with Crippen molar-refractivity contribution in [1.29, 1.82) is 0 Å². The molecule has 0 atom stereocenters. The van der Waals surface area contributed by atoms with Gasteiger partial charge in [-0.2, -0.15) is 0 Å². The van der Waals surface area contributed by atoms with E-state index in [9.17, 15) is 0 Å². The Morgan fingerprint density at radius 2 is 1.95 bits per heavy atom. The fraction of sp³-hybridized carbons (Fsp3) is 0.438. The fourth-order valence-electron chi connectivity index (χ4n) is 2.92. The molecule has 2 heterocycles. The molecule has 1 aromatic heterocycles. The zero-order chi connectivity index (χ0) is 14.8. The van der Waals surface area contributed by atoms with E-state index in [1.54, 1.807) is 14.2 Å². The maximum Gasteiger partial charge on any atom is 0.162 e. The van der Waals surface area contributed by atoms with E-state index in [1.807, 2.05) is 18.3 Å². The number of rotatable bonds is 5. The summed E-state index contributed by atoms with van der Waals surface area (Å²) in [6, 6.07) is 5.99. The highest BCUT2D eigenvalue weighted by Crippen LogP contribution is 2.37. The van der Waals surface area contributed by atoms with Gasteiger partial charge in [0.15, 0.2) is 11.5 Å². The third kappa shape index (κ3) is 2.49. The molecule has 3 rings (SSSR count). The number of hydrogen-bond acceptors (Lipinski definition) is 5. The minimum absolute atomic E-state index is 0.707. The first-order valence-electron chi connectivity index (χ1n) is 7.22. The number of benzene rings is 1. The van der Waals surface area contributed by atoms with Gasteiger partial charge in [-0.25, -0.2) is 0 Å². The SMILES string of the molecule is COc1cc2nccc(N3CC(CCN)C3)c2cc1OC. The second kappa shape index (κ2) is 5.77. The van der Waals surface area contributed by atoms with Crippen molar-refractivity contribution in [2.45, 2.75) is 6.42 Å². The summed E-state index contributed by atoms with van der Waals surface area (Å²) in [6.45, 7) is 2.88. The van der Waals surface area contributed by atoms with E-state index in [-0.39, 0.29) is 0 Å². The first-order chi connectivity index (χ1) is 10.3. The van der Waals surface area contributed by atoms with Crippen LogP contribution in [0.3, 0.4) is 0 Å². The van der Waals surface area contributed by atoms with Crippen molar-refractivity contribution in [3.63, 3.8) is 0 Å². The zero-order valence-electron chi connectivity index (χ0n) is 12.5. The number of anilines is 1. The van der Waals surface area contributed by atoms with Crippen LogP contribution >= 0.6 is 0 Å². The number of methoxy groups -OCH3 is 2. The summed E-state index contributed by atoms with van der Waals surface area (Å²) in [5, 5.41) is 1.10. The lowest BCUT2D eigenvalue weighted by Gasteiger charge is -2.41. The molecular formula is C16H21N3O2. The lowest BCUT2D eigenvalue weighted by atomic mass is 9.95. The van der Waals surface area contributed by atoms with Crippen LogP contribution in [0.1, 0.15) is 6.42 Å². The Kier molecular flexibility index (Phi) is 3.84. The molecule has 5 nitrogen and oxygen atoms in total. The predicted octanol–water partition coefficient (Wildman–Crippen LogP) is 2.04. The van der Waals surface area contributed by atoms with Gasteiger partial charge < -0.3 is 20.1 Å². The van der Waals surface area contributed by atoms with E-state index in [0.717, 1.165) is 42.7 Å². The van der Waals surface area contributed by atoms with Crippen molar-refractivity contribution in [3.8, 4) is 11.5 Å². The minimum atomic E-state index is 0.707. The van der Waals surface area contributed by atoms with E-state index < -0.39 is 0 Å². The molecule has 1 aliphatic rings. The van der Waals surface area contributed by atoms with Gasteiger partial charge in [0.05, 0.1) is 19.7 Å². The number of pyridine rings is 1. The molecule has 2 N–H and O–H groups in total. The summed E-state index contributed by atoms with van der Waals surface area (Å²) >= 11 is 0. The Balaban J connectivity index is 1.96. The molecule has 112 valence electrons. The number of nitrogens with zero attached hydrogens (tertiary/aromatic N) is 2. The van der Waals surface area contributed by atoms with E-state index >= 15 is 0 Å². The predicted molar refractivity (Wildman–Crippen MR) is 84.2 cm³/mol. The molecular weight excluding hydrogens is 266 g/mol. The van der Waals surface area contributed by atoms with Crippen molar-refractivity contribution in [3.05, 3.63) is 24.4 Å². The molecule has 0 bridgehead atoms. The van der Waals surface area contributed by atoms with Gasteiger partial charge in [-0.3, -0.25) is 4.98 Å². The number of hydrogen-bond donors (Lipinski definition) is 1. The van der Waals surface area contributed by atoms with Crippen LogP contribution in [-0.2, 0) is 0 Å². The fourth-order valence-corrected chi connectivity index (χ4v) is 2.92. The molecule has 0 saturated carbocycles. The molecule has 2 aromatic rings. The van der Waals surface area contributed by atoms with E-state index in [0.29, 0.717) is 11.7 Å². The van der Waals surface area contributed by atoms with Crippen molar-refractivity contribution in [1.82, 2.24) is 4.98 Å². The number of ether oxygens (including phenoxy) is 2. The molecule has 0 unspecified atom stereocenters. The number of aromatic nitrogens is 1. The largest absolute Gasteiger partial charge is 0.493 e. The average Bonchev–Trinajstić information content (AvgIpc) is 2.48. The monoisotopic (exact) mass is 287 g/mol. The lowest BCUT2D eigenvalue weighted by Crippen LogP contribution is -2.47. The highest BCUT2D eigenvalue weighted by atomic mass is 16.5. The third-order valence-electron chi connectivity index (χ3n) is 4.10. The molecule has 21 heavy (non-hydrogen) atoms. The first-order valence-corrected chi connectivity index (χ1v) is 7.22. The quantitative estimate of drug-likeness (QED) is 0.912. The van der Waals surface area contributed by atoms with Crippen molar-refractivity contribution >= 4 is 16.6 Å². The molecule has 0 aliphatic carbocycles. The van der Waals surface area contributed by atoms with Gasteiger partial charge >= 0.3 is 0 Å². The van der Waals surface area contributed by atoms with Crippen LogP contribution in [-0.4, -0.2) is 38.8 Å². The molecule has 5 heteroatoms. The Morgan fingerprint density at radius 1 is 1.24 bits per heavy atom. The van der Waals surface area contributed by atoms with E-state index in [2.05, 4.69) is 16.0 Å². The normalized spacial score (nSPS) is 15.1. The molecule has 0 radical (unpaired) electrons. The molecule has 1 fully saturated rings. The number of nitrogens with two attached hydrogens (primary N) is 1. The van der Waals surface area contributed by atoms with Crippen LogP contribution in [0.25, 0.3) is 10.9 Å². The van der Waals surface area contributed by atoms with Crippen molar-refractivity contribution in [2.75, 3.05) is 38.8 Å². The molecule has 0 spiro atoms. The maximum atomic E-state index is 5.62. The summed E-state index contributed by atoms with van der Waals surface area (Å²) in [7, 11) is 3.29. The minimum Gasteiger partial charge on any atom is -0.493 e. The molecule has 1 saturated heterocycles. The summed E-state index contributed by atoms with van der Waals surface area (Å²) in [6.07, 6.45) is 2.94. The summed E-state index contributed by atoms with van der Waals surface area (Å²) in [4.78, 5) is 6.81. The summed E-state index contributed by atoms with van der Waals surface area (Å²) < 4.78 is 10.7. The Labute approximate surface area is 124 Å². The average molecular weight is 287 g/mol. The van der Waals surface area contributed by atoms with Gasteiger partial charge in [0.25, 0.3) is 0 Å². The lowest BCUT2D eigenvalue weighted by molar-refractivity contribution is 0.355. The highest BCUT2D eigenvalue weighted by molar-refractivity contribution is 5.94. The van der Waals surface area contributed by atoms with Crippen molar-refractivity contribution < 1.29 is 9.47 Å². The van der Waals surface area contributed by atoms with Gasteiger partial charge in [0, 0.05) is 36.4 Å². The second-order valence-corrected chi connectivity index (χ2v) is 5.40. The van der Waals surface area contributed by atoms with Crippen LogP contribution in [0, 0.1) is 5.92 Å². The Morgan fingerprint density at radius 3 is 2.62 bits per heavy atom. The summed E-state index contributed by atoms with van der Waals surface area (Å²) in [5.41, 5.74) is 7.75. The van der Waals surface area contributed by atoms with Crippen LogP contribution in [0.15, 0.2) is 24.4 Å². The standard InChI is InChI=1S/C16H21N3O2/c1-20-15-7-12-13(8-16(15)21-2)18-6-4-14(12)19-9-11(10-19)3-5-17/h4,6-8,11H,3,5,9-10,17H2,1-2H3. The third-order valence-corrected chi connectivity index (χ3v) is 4.10.